The molecular formula is C22H30N4O3. The molecule has 0 atom stereocenters. The van der Waals surface area contributed by atoms with E-state index in [0.29, 0.717) is 44.6 Å². The van der Waals surface area contributed by atoms with Crippen LogP contribution < -0.4 is 0 Å². The molecule has 7 heteroatoms. The lowest BCUT2D eigenvalue weighted by atomic mass is 9.85. The summed E-state index contributed by atoms with van der Waals surface area (Å²) in [6.45, 7) is 9.74. The largest absolute Gasteiger partial charge is 0.338 e. The average Bonchev–Trinajstić information content (AvgIpc) is 2.88. The molecule has 0 N–H and O–H groups in total. The zero-order valence-electron chi connectivity index (χ0n) is 17.7. The van der Waals surface area contributed by atoms with Gasteiger partial charge in [-0.05, 0) is 44.7 Å². The normalized spacial score (nSPS) is 18.7. The average molecular weight is 399 g/mol. The second-order valence-corrected chi connectivity index (χ2v) is 8.54. The van der Waals surface area contributed by atoms with Gasteiger partial charge in [-0.1, -0.05) is 25.5 Å². The van der Waals surface area contributed by atoms with Gasteiger partial charge in [0.25, 0.3) is 11.8 Å². The van der Waals surface area contributed by atoms with Gasteiger partial charge in [0.15, 0.2) is 0 Å². The lowest BCUT2D eigenvalue weighted by Gasteiger charge is -2.42. The summed E-state index contributed by atoms with van der Waals surface area (Å²) in [5, 5.41) is 0. The Bertz CT molecular complexity index is 807. The van der Waals surface area contributed by atoms with Crippen molar-refractivity contribution in [2.24, 2.45) is 5.92 Å². The van der Waals surface area contributed by atoms with Crippen LogP contribution in [0.25, 0.3) is 0 Å². The maximum atomic E-state index is 13.4. The third-order valence-corrected chi connectivity index (χ3v) is 5.66. The van der Waals surface area contributed by atoms with E-state index in [1.807, 2.05) is 33.8 Å². The Morgan fingerprint density at radius 1 is 1.17 bits per heavy atom. The first-order chi connectivity index (χ1) is 13.8. The monoisotopic (exact) mass is 398 g/mol. The van der Waals surface area contributed by atoms with Crippen molar-refractivity contribution >= 4 is 17.8 Å². The molecule has 2 aliphatic heterocycles. The number of allylic oxidation sites excluding steroid dienone is 1. The Morgan fingerprint density at radius 3 is 2.34 bits per heavy atom. The SMILES string of the molecule is CC(C)=CCN1C(=O)N(CC(C)C)C2(CCN(C(=O)c3ccncc3)CC2)C1=O. The van der Waals surface area contributed by atoms with E-state index < -0.39 is 5.54 Å². The maximum absolute atomic E-state index is 13.4. The second kappa shape index (κ2) is 8.35. The standard InChI is InChI=1S/C22H30N4O3/c1-16(2)7-12-25-20(28)22(26(21(25)29)15-17(3)4)8-13-24(14-9-22)19(27)18-5-10-23-11-6-18/h5-7,10-11,17H,8-9,12-15H2,1-4H3. The van der Waals surface area contributed by atoms with Crippen molar-refractivity contribution < 1.29 is 14.4 Å². The summed E-state index contributed by atoms with van der Waals surface area (Å²) >= 11 is 0. The molecule has 1 aromatic rings. The predicted octanol–water partition coefficient (Wildman–Crippen LogP) is 2.94. The molecule has 0 saturated carbocycles. The third kappa shape index (κ3) is 4.04. The lowest BCUT2D eigenvalue weighted by molar-refractivity contribution is -0.135. The highest BCUT2D eigenvalue weighted by Gasteiger charge is 2.57. The van der Waals surface area contributed by atoms with Gasteiger partial charge < -0.3 is 9.80 Å². The number of piperidine rings is 1. The minimum absolute atomic E-state index is 0.0594. The summed E-state index contributed by atoms with van der Waals surface area (Å²) in [7, 11) is 0. The molecule has 0 aromatic carbocycles. The van der Waals surface area contributed by atoms with Gasteiger partial charge >= 0.3 is 6.03 Å². The number of hydrogen-bond donors (Lipinski definition) is 0. The number of imide groups is 1. The first kappa shape index (κ1) is 21.0. The van der Waals surface area contributed by atoms with E-state index in [2.05, 4.69) is 4.98 Å². The van der Waals surface area contributed by atoms with Gasteiger partial charge in [0.1, 0.15) is 5.54 Å². The minimum Gasteiger partial charge on any atom is -0.338 e. The van der Waals surface area contributed by atoms with E-state index >= 15 is 0 Å². The topological polar surface area (TPSA) is 73.8 Å². The Hall–Kier alpha value is -2.70. The number of carbonyl (C=O) groups excluding carboxylic acids is 3. The van der Waals surface area contributed by atoms with Crippen LogP contribution in [-0.2, 0) is 4.79 Å². The van der Waals surface area contributed by atoms with E-state index in [0.717, 1.165) is 5.57 Å². The smallest absolute Gasteiger partial charge is 0.327 e. The summed E-state index contributed by atoms with van der Waals surface area (Å²) in [5.41, 5.74) is 0.819. The quantitative estimate of drug-likeness (QED) is 0.565. The highest BCUT2D eigenvalue weighted by Crippen LogP contribution is 2.38. The maximum Gasteiger partial charge on any atom is 0.327 e. The zero-order valence-corrected chi connectivity index (χ0v) is 17.7. The second-order valence-electron chi connectivity index (χ2n) is 8.54. The van der Waals surface area contributed by atoms with Crippen molar-refractivity contribution in [1.29, 1.82) is 0 Å². The molecule has 4 amide bonds. The van der Waals surface area contributed by atoms with Gasteiger partial charge in [0, 0.05) is 44.1 Å². The number of likely N-dealkylation sites (tertiary alicyclic amines) is 1. The molecule has 1 spiro atoms. The Labute approximate surface area is 172 Å². The highest BCUT2D eigenvalue weighted by molar-refractivity contribution is 6.07. The molecule has 3 heterocycles. The highest BCUT2D eigenvalue weighted by atomic mass is 16.2. The Balaban J connectivity index is 1.81. The summed E-state index contributed by atoms with van der Waals surface area (Å²) < 4.78 is 0. The zero-order chi connectivity index (χ0) is 21.2. The number of pyridine rings is 1. The van der Waals surface area contributed by atoms with Crippen LogP contribution in [0.15, 0.2) is 36.2 Å². The fraction of sp³-hybridized carbons (Fsp3) is 0.545. The van der Waals surface area contributed by atoms with E-state index in [1.54, 1.807) is 34.3 Å². The summed E-state index contributed by atoms with van der Waals surface area (Å²) in [4.78, 5) is 48.1. The minimum atomic E-state index is -0.841. The van der Waals surface area contributed by atoms with E-state index in [1.165, 1.54) is 4.90 Å². The lowest BCUT2D eigenvalue weighted by Crippen LogP contribution is -2.58. The number of amides is 4. The van der Waals surface area contributed by atoms with Gasteiger partial charge in [-0.2, -0.15) is 0 Å². The van der Waals surface area contributed by atoms with E-state index in [-0.39, 0.29) is 23.8 Å². The number of hydrogen-bond acceptors (Lipinski definition) is 4. The van der Waals surface area contributed by atoms with Crippen LogP contribution in [0.4, 0.5) is 4.79 Å². The van der Waals surface area contributed by atoms with Crippen LogP contribution in [0.1, 0.15) is 50.9 Å². The summed E-state index contributed by atoms with van der Waals surface area (Å²) in [5.74, 6) is 0.0657. The van der Waals surface area contributed by atoms with Crippen LogP contribution in [-0.4, -0.2) is 69.2 Å². The molecule has 7 nitrogen and oxygen atoms in total. The predicted molar refractivity (Wildman–Crippen MR) is 110 cm³/mol. The van der Waals surface area contributed by atoms with Crippen LogP contribution in [0.5, 0.6) is 0 Å². The van der Waals surface area contributed by atoms with Crippen molar-refractivity contribution in [3.8, 4) is 0 Å². The molecule has 2 saturated heterocycles. The molecule has 2 fully saturated rings. The van der Waals surface area contributed by atoms with E-state index in [4.69, 9.17) is 0 Å². The van der Waals surface area contributed by atoms with Gasteiger partial charge in [0.05, 0.1) is 0 Å². The van der Waals surface area contributed by atoms with Crippen LogP contribution in [0, 0.1) is 5.92 Å². The van der Waals surface area contributed by atoms with Crippen LogP contribution in [0.2, 0.25) is 0 Å². The third-order valence-electron chi connectivity index (χ3n) is 5.66. The van der Waals surface area contributed by atoms with Crippen LogP contribution >= 0.6 is 0 Å². The molecule has 0 bridgehead atoms. The van der Waals surface area contributed by atoms with Gasteiger partial charge in [-0.15, -0.1) is 0 Å². The van der Waals surface area contributed by atoms with Crippen molar-refractivity contribution in [2.45, 2.75) is 46.1 Å². The van der Waals surface area contributed by atoms with Crippen LogP contribution in [0.3, 0.4) is 0 Å². The molecule has 2 aliphatic rings. The molecule has 1 aromatic heterocycles. The molecule has 0 radical (unpaired) electrons. The Kier molecular flexibility index (Phi) is 6.05. The summed E-state index contributed by atoms with van der Waals surface area (Å²) in [6.07, 6.45) is 6.04. The van der Waals surface area contributed by atoms with Gasteiger partial charge in [-0.25, -0.2) is 4.79 Å². The van der Waals surface area contributed by atoms with Gasteiger partial charge in [0.2, 0.25) is 0 Å². The molecule has 29 heavy (non-hydrogen) atoms. The molecule has 0 aliphatic carbocycles. The Morgan fingerprint density at radius 2 is 1.79 bits per heavy atom. The van der Waals surface area contributed by atoms with E-state index in [9.17, 15) is 14.4 Å². The summed E-state index contributed by atoms with van der Waals surface area (Å²) in [6, 6.07) is 3.18. The number of nitrogens with zero attached hydrogens (tertiary/aromatic N) is 4. The van der Waals surface area contributed by atoms with Crippen molar-refractivity contribution in [1.82, 2.24) is 19.7 Å². The molecule has 0 unspecified atom stereocenters. The van der Waals surface area contributed by atoms with Crippen molar-refractivity contribution in [3.63, 3.8) is 0 Å². The molecular weight excluding hydrogens is 368 g/mol. The first-order valence-corrected chi connectivity index (χ1v) is 10.2. The fourth-order valence-corrected chi connectivity index (χ4v) is 4.08. The number of urea groups is 1. The van der Waals surface area contributed by atoms with Gasteiger partial charge in [-0.3, -0.25) is 19.5 Å². The number of aromatic nitrogens is 1. The fourth-order valence-electron chi connectivity index (χ4n) is 4.08. The number of rotatable bonds is 5. The molecule has 3 rings (SSSR count). The van der Waals surface area contributed by atoms with Crippen molar-refractivity contribution in [3.05, 3.63) is 41.7 Å². The molecule has 156 valence electrons. The first-order valence-electron chi connectivity index (χ1n) is 10.2. The van der Waals surface area contributed by atoms with Crippen molar-refractivity contribution in [2.75, 3.05) is 26.2 Å². The number of carbonyl (C=O) groups is 3.